The van der Waals surface area contributed by atoms with Crippen LogP contribution in [0.4, 0.5) is 11.6 Å². The Morgan fingerprint density at radius 2 is 1.12 bits per heavy atom. The Labute approximate surface area is 143 Å². The van der Waals surface area contributed by atoms with E-state index >= 15 is 0 Å². The van der Waals surface area contributed by atoms with Gasteiger partial charge in [-0.3, -0.25) is 0 Å². The monoisotopic (exact) mass is 330 g/mol. The zero-order valence-electron chi connectivity index (χ0n) is 15.2. The van der Waals surface area contributed by atoms with Crippen LogP contribution in [0.25, 0.3) is 11.0 Å². The van der Waals surface area contributed by atoms with Crippen molar-refractivity contribution in [2.75, 3.05) is 10.6 Å². The largest absolute Gasteiger partial charge is 0.348 e. The number of aromatic nitrogens is 2. The third-order valence-corrected chi connectivity index (χ3v) is 3.36. The number of anilines is 2. The third kappa shape index (κ3) is 3.94. The maximum atomic E-state index is 6.14. The van der Waals surface area contributed by atoms with Crippen LogP contribution in [0.1, 0.15) is 41.5 Å². The van der Waals surface area contributed by atoms with Crippen LogP contribution in [-0.4, -0.2) is 33.6 Å². The molecular weight excluding hydrogens is 304 g/mol. The topological polar surface area (TPSA) is 68.3 Å². The van der Waals surface area contributed by atoms with E-state index in [1.807, 2.05) is 65.8 Å². The predicted octanol–water partition coefficient (Wildman–Crippen LogP) is 3.75. The second kappa shape index (κ2) is 5.86. The van der Waals surface area contributed by atoms with Crippen LogP contribution in [0.3, 0.4) is 0 Å². The van der Waals surface area contributed by atoms with Crippen molar-refractivity contribution in [3.05, 3.63) is 24.3 Å². The first-order chi connectivity index (χ1) is 11.1. The van der Waals surface area contributed by atoms with E-state index in [-0.39, 0.29) is 23.7 Å². The lowest BCUT2D eigenvalue weighted by Gasteiger charge is -2.40. The van der Waals surface area contributed by atoms with E-state index in [0.717, 1.165) is 11.0 Å². The second-order valence-electron chi connectivity index (χ2n) is 8.00. The number of nitrogens with one attached hydrogen (secondary N) is 2. The van der Waals surface area contributed by atoms with E-state index < -0.39 is 0 Å². The molecular formula is C18H26N4O2. The summed E-state index contributed by atoms with van der Waals surface area (Å²) in [6.07, 6.45) is -0.737. The molecule has 0 saturated heterocycles. The van der Waals surface area contributed by atoms with E-state index in [9.17, 15) is 0 Å². The predicted molar refractivity (Wildman–Crippen MR) is 96.0 cm³/mol. The number of benzene rings is 1. The van der Waals surface area contributed by atoms with Crippen molar-refractivity contribution in [2.45, 2.75) is 65.2 Å². The summed E-state index contributed by atoms with van der Waals surface area (Å²) in [6, 6.07) is 7.80. The van der Waals surface area contributed by atoms with Gasteiger partial charge in [-0.25, -0.2) is 9.97 Å². The highest BCUT2D eigenvalue weighted by atomic mass is 16.6. The van der Waals surface area contributed by atoms with E-state index in [2.05, 4.69) is 20.6 Å². The summed E-state index contributed by atoms with van der Waals surface area (Å²) in [7, 11) is 0. The van der Waals surface area contributed by atoms with Gasteiger partial charge in [0.15, 0.2) is 24.1 Å². The van der Waals surface area contributed by atoms with Gasteiger partial charge in [-0.2, -0.15) is 0 Å². The smallest absolute Gasteiger partial charge is 0.174 e. The highest BCUT2D eigenvalue weighted by molar-refractivity contribution is 5.80. The molecule has 1 aliphatic rings. The number of hydrogen-bond donors (Lipinski definition) is 2. The first-order valence-electron chi connectivity index (χ1n) is 8.26. The van der Waals surface area contributed by atoms with Crippen LogP contribution < -0.4 is 10.6 Å². The molecule has 3 rings (SSSR count). The number of rotatable bonds is 2. The van der Waals surface area contributed by atoms with Crippen molar-refractivity contribution in [1.29, 1.82) is 0 Å². The number of para-hydroxylation sites is 2. The Morgan fingerprint density at radius 3 is 1.46 bits per heavy atom. The molecule has 2 unspecified atom stereocenters. The van der Waals surface area contributed by atoms with E-state index in [4.69, 9.17) is 9.47 Å². The summed E-state index contributed by atoms with van der Waals surface area (Å²) >= 11 is 0. The van der Waals surface area contributed by atoms with Crippen LogP contribution >= 0.6 is 0 Å². The first kappa shape index (κ1) is 16.9. The second-order valence-corrected chi connectivity index (χ2v) is 8.00. The fourth-order valence-electron chi connectivity index (χ4n) is 2.57. The van der Waals surface area contributed by atoms with Gasteiger partial charge in [0.2, 0.25) is 0 Å². The molecule has 6 heteroatoms. The number of hydrogen-bond acceptors (Lipinski definition) is 6. The summed E-state index contributed by atoms with van der Waals surface area (Å²) in [5.41, 5.74) is 1.05. The normalized spacial score (nSPS) is 21.1. The van der Waals surface area contributed by atoms with E-state index in [0.29, 0.717) is 11.6 Å². The lowest BCUT2D eigenvalue weighted by Crippen LogP contribution is -2.52. The lowest BCUT2D eigenvalue weighted by molar-refractivity contribution is -0.144. The Bertz CT molecular complexity index is 671. The molecule has 0 radical (unpaired) electrons. The number of nitrogens with zero attached hydrogens (tertiary/aromatic N) is 2. The summed E-state index contributed by atoms with van der Waals surface area (Å²) in [4.78, 5) is 9.31. The maximum Gasteiger partial charge on any atom is 0.174 e. The van der Waals surface area contributed by atoms with Gasteiger partial charge in [0, 0.05) is 0 Å². The molecule has 0 saturated carbocycles. The molecule has 0 fully saturated rings. The van der Waals surface area contributed by atoms with Crippen LogP contribution in [0, 0.1) is 0 Å². The van der Waals surface area contributed by atoms with Crippen molar-refractivity contribution < 1.29 is 9.47 Å². The van der Waals surface area contributed by atoms with Crippen LogP contribution in [0.2, 0.25) is 0 Å². The van der Waals surface area contributed by atoms with Gasteiger partial charge >= 0.3 is 0 Å². The quantitative estimate of drug-likeness (QED) is 0.874. The molecule has 1 aromatic heterocycles. The fourth-order valence-corrected chi connectivity index (χ4v) is 2.57. The molecule has 0 amide bonds. The Morgan fingerprint density at radius 1 is 0.750 bits per heavy atom. The molecule has 6 nitrogen and oxygen atoms in total. The minimum absolute atomic E-state index is 0.319. The molecule has 0 aliphatic carbocycles. The Hall–Kier alpha value is -1.92. The minimum Gasteiger partial charge on any atom is -0.348 e. The highest BCUT2D eigenvalue weighted by Gasteiger charge is 2.36. The van der Waals surface area contributed by atoms with Crippen molar-refractivity contribution in [3.8, 4) is 0 Å². The molecule has 130 valence electrons. The molecule has 2 N–H and O–H groups in total. The summed E-state index contributed by atoms with van der Waals surface area (Å²) in [5, 5.41) is 6.67. The fraction of sp³-hybridized carbons (Fsp3) is 0.556. The number of ether oxygens (including phenoxy) is 2. The summed E-state index contributed by atoms with van der Waals surface area (Å²) < 4.78 is 12.3. The van der Waals surface area contributed by atoms with Gasteiger partial charge in [-0.15, -0.1) is 0 Å². The average molecular weight is 330 g/mol. The van der Waals surface area contributed by atoms with Crippen LogP contribution in [0.5, 0.6) is 0 Å². The molecule has 2 aromatic rings. The van der Waals surface area contributed by atoms with Crippen molar-refractivity contribution in [3.63, 3.8) is 0 Å². The first-order valence-corrected chi connectivity index (χ1v) is 8.26. The molecule has 1 aromatic carbocycles. The zero-order valence-corrected chi connectivity index (χ0v) is 15.2. The Balaban J connectivity index is 1.96. The maximum absolute atomic E-state index is 6.14. The van der Waals surface area contributed by atoms with Crippen molar-refractivity contribution in [2.24, 2.45) is 0 Å². The lowest BCUT2D eigenvalue weighted by atomic mass is 10.1. The summed E-state index contributed by atoms with van der Waals surface area (Å²) in [6.45, 7) is 12.1. The van der Waals surface area contributed by atoms with Crippen LogP contribution in [-0.2, 0) is 9.47 Å². The highest BCUT2D eigenvalue weighted by Crippen LogP contribution is 2.31. The average Bonchev–Trinajstić information content (AvgIpc) is 2.43. The molecule has 1 aliphatic heterocycles. The van der Waals surface area contributed by atoms with Gasteiger partial charge in [-0.1, -0.05) is 12.1 Å². The molecule has 2 heterocycles. The van der Waals surface area contributed by atoms with Crippen molar-refractivity contribution in [1.82, 2.24) is 9.97 Å². The van der Waals surface area contributed by atoms with Gasteiger partial charge in [-0.05, 0) is 53.7 Å². The minimum atomic E-state index is -0.368. The molecule has 2 atom stereocenters. The van der Waals surface area contributed by atoms with Crippen molar-refractivity contribution >= 4 is 22.7 Å². The summed E-state index contributed by atoms with van der Waals surface area (Å²) in [5.74, 6) is 1.36. The third-order valence-electron chi connectivity index (χ3n) is 3.36. The molecule has 0 bridgehead atoms. The SMILES string of the molecule is CC(C)(C)OC1Nc2nc3ccccc3nc2NC1OC(C)(C)C. The van der Waals surface area contributed by atoms with Gasteiger partial charge in [0.05, 0.1) is 22.2 Å². The zero-order chi connectivity index (χ0) is 17.5. The van der Waals surface area contributed by atoms with Gasteiger partial charge < -0.3 is 20.1 Å². The van der Waals surface area contributed by atoms with E-state index in [1.165, 1.54) is 0 Å². The molecule has 0 spiro atoms. The van der Waals surface area contributed by atoms with Gasteiger partial charge in [0.1, 0.15) is 0 Å². The number of fused-ring (bicyclic) bond motifs is 2. The standard InChI is InChI=1S/C18H26N4O2/c1-17(2,3)23-15-16(24-18(4,5)6)22-14-13(21-15)19-11-9-7-8-10-12(11)20-14/h7-10,15-16H,1-6H3,(H,19,21)(H,20,22). The Kier molecular flexibility index (Phi) is 4.13. The van der Waals surface area contributed by atoms with Gasteiger partial charge in [0.25, 0.3) is 0 Å². The molecule has 24 heavy (non-hydrogen) atoms. The van der Waals surface area contributed by atoms with Crippen LogP contribution in [0.15, 0.2) is 24.3 Å². The van der Waals surface area contributed by atoms with E-state index in [1.54, 1.807) is 0 Å².